The zero-order valence-corrected chi connectivity index (χ0v) is 11.2. The summed E-state index contributed by atoms with van der Waals surface area (Å²) in [4.78, 5) is 0. The van der Waals surface area contributed by atoms with Crippen molar-refractivity contribution in [3.8, 4) is 0 Å². The Balaban J connectivity index is 0.000000921. The standard InChI is InChI=1S/C11H20N2.C2H6/c1-5-9-13-10(7-8-12-13)11(3,4)6-2;1-2/h7-8H,5-6,9H2,1-4H3;1-2H3. The van der Waals surface area contributed by atoms with Gasteiger partial charge in [-0.1, -0.05) is 41.5 Å². The van der Waals surface area contributed by atoms with Gasteiger partial charge < -0.3 is 0 Å². The van der Waals surface area contributed by atoms with Gasteiger partial charge in [0.15, 0.2) is 0 Å². The highest BCUT2D eigenvalue weighted by molar-refractivity contribution is 5.13. The molecule has 0 aliphatic rings. The lowest BCUT2D eigenvalue weighted by atomic mass is 9.86. The van der Waals surface area contributed by atoms with Crippen LogP contribution in [0.5, 0.6) is 0 Å². The van der Waals surface area contributed by atoms with Gasteiger partial charge in [0.25, 0.3) is 0 Å². The molecule has 0 atom stereocenters. The molecule has 0 radical (unpaired) electrons. The zero-order chi connectivity index (χ0) is 11.9. The van der Waals surface area contributed by atoms with Gasteiger partial charge >= 0.3 is 0 Å². The number of aromatic nitrogens is 2. The van der Waals surface area contributed by atoms with Crippen molar-refractivity contribution < 1.29 is 0 Å². The lowest BCUT2D eigenvalue weighted by Gasteiger charge is -2.23. The third-order valence-corrected chi connectivity index (χ3v) is 2.73. The molecule has 15 heavy (non-hydrogen) atoms. The molecule has 0 N–H and O–H groups in total. The first-order valence-electron chi connectivity index (χ1n) is 6.14. The van der Waals surface area contributed by atoms with E-state index in [4.69, 9.17) is 0 Å². The van der Waals surface area contributed by atoms with Gasteiger partial charge in [-0.15, -0.1) is 0 Å². The molecular formula is C13H26N2. The van der Waals surface area contributed by atoms with E-state index in [2.05, 4.69) is 43.5 Å². The van der Waals surface area contributed by atoms with Crippen molar-refractivity contribution in [3.63, 3.8) is 0 Å². The lowest BCUT2D eigenvalue weighted by Crippen LogP contribution is -2.21. The second-order valence-corrected chi connectivity index (χ2v) is 4.18. The lowest BCUT2D eigenvalue weighted by molar-refractivity contribution is 0.437. The van der Waals surface area contributed by atoms with E-state index in [1.807, 2.05) is 20.0 Å². The first-order chi connectivity index (χ1) is 7.11. The third-order valence-electron chi connectivity index (χ3n) is 2.73. The largest absolute Gasteiger partial charge is 0.269 e. The number of hydrogen-bond donors (Lipinski definition) is 0. The smallest absolute Gasteiger partial charge is 0.0492 e. The second kappa shape index (κ2) is 6.65. The van der Waals surface area contributed by atoms with Crippen molar-refractivity contribution in [1.82, 2.24) is 9.78 Å². The summed E-state index contributed by atoms with van der Waals surface area (Å²) >= 11 is 0. The molecule has 0 amide bonds. The minimum Gasteiger partial charge on any atom is -0.269 e. The van der Waals surface area contributed by atoms with Crippen LogP contribution in [-0.4, -0.2) is 9.78 Å². The Morgan fingerprint density at radius 3 is 2.33 bits per heavy atom. The van der Waals surface area contributed by atoms with Crippen LogP contribution in [0.1, 0.15) is 60.1 Å². The van der Waals surface area contributed by atoms with Gasteiger partial charge in [0.1, 0.15) is 0 Å². The first-order valence-corrected chi connectivity index (χ1v) is 6.14. The maximum Gasteiger partial charge on any atom is 0.0492 e. The van der Waals surface area contributed by atoms with Crippen molar-refractivity contribution in [2.24, 2.45) is 0 Å². The summed E-state index contributed by atoms with van der Waals surface area (Å²) in [5, 5.41) is 4.34. The van der Waals surface area contributed by atoms with Crippen molar-refractivity contribution in [3.05, 3.63) is 18.0 Å². The van der Waals surface area contributed by atoms with E-state index >= 15 is 0 Å². The molecule has 0 unspecified atom stereocenters. The normalized spacial score (nSPS) is 10.8. The summed E-state index contributed by atoms with van der Waals surface area (Å²) in [5.74, 6) is 0. The van der Waals surface area contributed by atoms with Gasteiger partial charge in [-0.2, -0.15) is 5.10 Å². The second-order valence-electron chi connectivity index (χ2n) is 4.18. The summed E-state index contributed by atoms with van der Waals surface area (Å²) in [6, 6.07) is 2.14. The summed E-state index contributed by atoms with van der Waals surface area (Å²) in [5.41, 5.74) is 1.61. The Hall–Kier alpha value is -0.790. The quantitative estimate of drug-likeness (QED) is 0.734. The Morgan fingerprint density at radius 1 is 1.27 bits per heavy atom. The fraction of sp³-hybridized carbons (Fsp3) is 0.769. The van der Waals surface area contributed by atoms with Crippen molar-refractivity contribution in [2.45, 2.75) is 66.3 Å². The van der Waals surface area contributed by atoms with E-state index in [-0.39, 0.29) is 5.41 Å². The van der Waals surface area contributed by atoms with Crippen molar-refractivity contribution in [1.29, 1.82) is 0 Å². The maximum atomic E-state index is 4.34. The molecule has 1 heterocycles. The molecule has 1 aromatic rings. The van der Waals surface area contributed by atoms with Gasteiger partial charge in [-0.25, -0.2) is 0 Å². The van der Waals surface area contributed by atoms with E-state index in [1.54, 1.807) is 0 Å². The molecular weight excluding hydrogens is 184 g/mol. The van der Waals surface area contributed by atoms with Crippen LogP contribution < -0.4 is 0 Å². The van der Waals surface area contributed by atoms with Gasteiger partial charge in [-0.3, -0.25) is 4.68 Å². The third kappa shape index (κ3) is 3.69. The Labute approximate surface area is 94.7 Å². The van der Waals surface area contributed by atoms with E-state index in [1.165, 1.54) is 5.69 Å². The number of aryl methyl sites for hydroxylation is 1. The molecule has 1 rings (SSSR count). The van der Waals surface area contributed by atoms with Crippen LogP contribution in [0.4, 0.5) is 0 Å². The Morgan fingerprint density at radius 2 is 1.87 bits per heavy atom. The molecule has 0 fully saturated rings. The number of rotatable bonds is 4. The summed E-state index contributed by atoms with van der Waals surface area (Å²) in [7, 11) is 0. The van der Waals surface area contributed by atoms with E-state index < -0.39 is 0 Å². The van der Waals surface area contributed by atoms with Crippen LogP contribution in [0.15, 0.2) is 12.3 Å². The maximum absolute atomic E-state index is 4.34. The highest BCUT2D eigenvalue weighted by Crippen LogP contribution is 2.26. The molecule has 88 valence electrons. The molecule has 0 aliphatic heterocycles. The molecule has 0 aromatic carbocycles. The highest BCUT2D eigenvalue weighted by atomic mass is 15.3. The summed E-state index contributed by atoms with van der Waals surface area (Å²) in [6.45, 7) is 14.0. The van der Waals surface area contributed by atoms with Crippen LogP contribution >= 0.6 is 0 Å². The first kappa shape index (κ1) is 14.2. The molecule has 2 nitrogen and oxygen atoms in total. The van der Waals surface area contributed by atoms with Gasteiger partial charge in [0.2, 0.25) is 0 Å². The van der Waals surface area contributed by atoms with Gasteiger partial charge in [0.05, 0.1) is 0 Å². The highest BCUT2D eigenvalue weighted by Gasteiger charge is 2.21. The fourth-order valence-electron chi connectivity index (χ4n) is 1.48. The van der Waals surface area contributed by atoms with Crippen LogP contribution in [0.25, 0.3) is 0 Å². The van der Waals surface area contributed by atoms with E-state index in [0.29, 0.717) is 0 Å². The fourth-order valence-corrected chi connectivity index (χ4v) is 1.48. The van der Waals surface area contributed by atoms with Gasteiger partial charge in [0, 0.05) is 23.9 Å². The number of nitrogens with zero attached hydrogens (tertiary/aromatic N) is 2. The minimum atomic E-state index is 0.256. The van der Waals surface area contributed by atoms with Crippen LogP contribution in [0.3, 0.4) is 0 Å². The molecule has 0 saturated carbocycles. The van der Waals surface area contributed by atoms with Crippen LogP contribution in [0.2, 0.25) is 0 Å². The minimum absolute atomic E-state index is 0.256. The average Bonchev–Trinajstić information content (AvgIpc) is 2.70. The average molecular weight is 210 g/mol. The topological polar surface area (TPSA) is 17.8 Å². The summed E-state index contributed by atoms with van der Waals surface area (Å²) < 4.78 is 2.13. The molecule has 0 bridgehead atoms. The van der Waals surface area contributed by atoms with Crippen molar-refractivity contribution >= 4 is 0 Å². The summed E-state index contributed by atoms with van der Waals surface area (Å²) in [6.07, 6.45) is 4.21. The Kier molecular flexibility index (Phi) is 6.30. The molecule has 1 aromatic heterocycles. The van der Waals surface area contributed by atoms with E-state index in [9.17, 15) is 0 Å². The predicted molar refractivity (Wildman–Crippen MR) is 67.2 cm³/mol. The van der Waals surface area contributed by atoms with Gasteiger partial charge in [-0.05, 0) is 18.9 Å². The van der Waals surface area contributed by atoms with Crippen molar-refractivity contribution in [2.75, 3.05) is 0 Å². The van der Waals surface area contributed by atoms with E-state index in [0.717, 1.165) is 19.4 Å². The zero-order valence-electron chi connectivity index (χ0n) is 11.2. The molecule has 0 spiro atoms. The SMILES string of the molecule is CC.CCCn1nccc1C(C)(C)CC. The predicted octanol–water partition coefficient (Wildman–Crippen LogP) is 4.01. The monoisotopic (exact) mass is 210 g/mol. The molecule has 0 aliphatic carbocycles. The Bertz CT molecular complexity index is 261. The van der Waals surface area contributed by atoms with Crippen LogP contribution in [0, 0.1) is 0 Å². The molecule has 2 heteroatoms. The molecule has 0 saturated heterocycles. The number of hydrogen-bond acceptors (Lipinski definition) is 1. The van der Waals surface area contributed by atoms with Crippen LogP contribution in [-0.2, 0) is 12.0 Å².